The van der Waals surface area contributed by atoms with E-state index in [1.165, 1.54) is 11.1 Å². The van der Waals surface area contributed by atoms with Crippen LogP contribution in [0.3, 0.4) is 0 Å². The highest BCUT2D eigenvalue weighted by atomic mass is 16.5. The van der Waals surface area contributed by atoms with E-state index < -0.39 is 0 Å². The summed E-state index contributed by atoms with van der Waals surface area (Å²) in [5.74, 6) is 0.888. The summed E-state index contributed by atoms with van der Waals surface area (Å²) in [4.78, 5) is 0. The molecule has 0 spiro atoms. The molecule has 0 aromatic heterocycles. The van der Waals surface area contributed by atoms with Gasteiger partial charge >= 0.3 is 0 Å². The Labute approximate surface area is 120 Å². The van der Waals surface area contributed by atoms with Crippen LogP contribution in [0.2, 0.25) is 0 Å². The van der Waals surface area contributed by atoms with E-state index in [-0.39, 0.29) is 0 Å². The molecule has 2 aromatic carbocycles. The van der Waals surface area contributed by atoms with E-state index in [0.717, 1.165) is 18.0 Å². The number of hydrogen-bond donors (Lipinski definition) is 1. The fraction of sp³-hybridized carbons (Fsp3) is 0.294. The van der Waals surface area contributed by atoms with Gasteiger partial charge in [0.05, 0.1) is 18.9 Å². The fourth-order valence-corrected chi connectivity index (χ4v) is 2.11. The Morgan fingerprint density at radius 1 is 0.950 bits per heavy atom. The minimum atomic E-state index is 0.630. The highest BCUT2D eigenvalue weighted by molar-refractivity contribution is 5.56. The number of benzene rings is 2. The molecule has 0 aliphatic carbocycles. The molecule has 0 fully saturated rings. The van der Waals surface area contributed by atoms with Gasteiger partial charge in [-0.05, 0) is 30.2 Å². The highest BCUT2D eigenvalue weighted by Gasteiger charge is 2.04. The first kappa shape index (κ1) is 14.4. The Bertz CT molecular complexity index is 491. The first-order chi connectivity index (χ1) is 9.85. The van der Waals surface area contributed by atoms with Gasteiger partial charge in [-0.3, -0.25) is 0 Å². The van der Waals surface area contributed by atoms with Gasteiger partial charge in [0, 0.05) is 13.7 Å². The first-order valence-electron chi connectivity index (χ1n) is 6.86. The maximum atomic E-state index is 5.62. The summed E-state index contributed by atoms with van der Waals surface area (Å²) in [7, 11) is 1.72. The van der Waals surface area contributed by atoms with Gasteiger partial charge in [-0.25, -0.2) is 0 Å². The Hall–Kier alpha value is -2.00. The number of para-hydroxylation sites is 2. The number of methoxy groups -OCH3 is 1. The molecule has 0 bridgehead atoms. The van der Waals surface area contributed by atoms with E-state index in [2.05, 4.69) is 17.4 Å². The van der Waals surface area contributed by atoms with Gasteiger partial charge in [-0.2, -0.15) is 0 Å². The fourth-order valence-electron chi connectivity index (χ4n) is 2.11. The summed E-state index contributed by atoms with van der Waals surface area (Å²) in [6.07, 6.45) is 0. The van der Waals surface area contributed by atoms with Crippen LogP contribution in [-0.4, -0.2) is 13.7 Å². The molecule has 0 unspecified atom stereocenters. The van der Waals surface area contributed by atoms with Crippen LogP contribution < -0.4 is 10.1 Å². The van der Waals surface area contributed by atoms with Crippen molar-refractivity contribution in [1.82, 2.24) is 0 Å². The standard InChI is InChI=1S/C17H21NO2/c1-3-20-17-11-7-6-10-16(17)18-12-14-8-4-5-9-15(14)13-19-2/h4-11,18H,3,12-13H2,1-2H3. The van der Waals surface area contributed by atoms with E-state index in [9.17, 15) is 0 Å². The van der Waals surface area contributed by atoms with Crippen LogP contribution in [0.25, 0.3) is 0 Å². The number of rotatable bonds is 7. The Morgan fingerprint density at radius 2 is 1.65 bits per heavy atom. The van der Waals surface area contributed by atoms with E-state index in [0.29, 0.717) is 13.2 Å². The third-order valence-corrected chi connectivity index (χ3v) is 3.07. The number of anilines is 1. The molecule has 0 heterocycles. The van der Waals surface area contributed by atoms with Crippen molar-refractivity contribution in [1.29, 1.82) is 0 Å². The normalized spacial score (nSPS) is 10.3. The summed E-state index contributed by atoms with van der Waals surface area (Å²) in [5.41, 5.74) is 3.46. The lowest BCUT2D eigenvalue weighted by molar-refractivity contribution is 0.184. The van der Waals surface area contributed by atoms with Crippen molar-refractivity contribution in [3.63, 3.8) is 0 Å². The maximum absolute atomic E-state index is 5.62. The number of nitrogens with one attached hydrogen (secondary N) is 1. The predicted octanol–water partition coefficient (Wildman–Crippen LogP) is 3.84. The van der Waals surface area contributed by atoms with E-state index in [1.54, 1.807) is 7.11 Å². The smallest absolute Gasteiger partial charge is 0.142 e. The van der Waals surface area contributed by atoms with Crippen molar-refractivity contribution >= 4 is 5.69 Å². The predicted molar refractivity (Wildman–Crippen MR) is 82.1 cm³/mol. The molecule has 0 saturated heterocycles. The minimum absolute atomic E-state index is 0.630. The van der Waals surface area contributed by atoms with Crippen LogP contribution in [0.15, 0.2) is 48.5 Å². The SMILES string of the molecule is CCOc1ccccc1NCc1ccccc1COC. The van der Waals surface area contributed by atoms with E-state index >= 15 is 0 Å². The molecule has 0 amide bonds. The third kappa shape index (κ3) is 3.75. The van der Waals surface area contributed by atoms with Crippen molar-refractivity contribution in [3.05, 3.63) is 59.7 Å². The quantitative estimate of drug-likeness (QED) is 0.830. The van der Waals surface area contributed by atoms with Crippen LogP contribution in [0.1, 0.15) is 18.1 Å². The molecule has 20 heavy (non-hydrogen) atoms. The Morgan fingerprint density at radius 3 is 2.40 bits per heavy atom. The second-order valence-corrected chi connectivity index (χ2v) is 4.48. The van der Waals surface area contributed by atoms with Crippen LogP contribution in [0.5, 0.6) is 5.75 Å². The maximum Gasteiger partial charge on any atom is 0.142 e. The second-order valence-electron chi connectivity index (χ2n) is 4.48. The lowest BCUT2D eigenvalue weighted by Gasteiger charge is -2.14. The highest BCUT2D eigenvalue weighted by Crippen LogP contribution is 2.24. The van der Waals surface area contributed by atoms with Gasteiger partial charge in [0.2, 0.25) is 0 Å². The Kier molecular flexibility index (Phi) is 5.44. The summed E-state index contributed by atoms with van der Waals surface area (Å²) in [6, 6.07) is 16.3. The minimum Gasteiger partial charge on any atom is -0.492 e. The first-order valence-corrected chi connectivity index (χ1v) is 6.86. The van der Waals surface area contributed by atoms with Crippen LogP contribution in [0.4, 0.5) is 5.69 Å². The molecule has 3 heteroatoms. The van der Waals surface area contributed by atoms with Crippen molar-refractivity contribution < 1.29 is 9.47 Å². The van der Waals surface area contributed by atoms with Crippen molar-refractivity contribution in [3.8, 4) is 5.75 Å². The second kappa shape index (κ2) is 7.56. The van der Waals surface area contributed by atoms with Crippen LogP contribution in [-0.2, 0) is 17.9 Å². The summed E-state index contributed by atoms with van der Waals surface area (Å²) >= 11 is 0. The lowest BCUT2D eigenvalue weighted by Crippen LogP contribution is -2.05. The summed E-state index contributed by atoms with van der Waals surface area (Å²) in [6.45, 7) is 4.04. The van der Waals surface area contributed by atoms with Gasteiger partial charge in [-0.1, -0.05) is 36.4 Å². The van der Waals surface area contributed by atoms with Crippen molar-refractivity contribution in [2.45, 2.75) is 20.1 Å². The molecule has 0 aliphatic heterocycles. The molecule has 0 radical (unpaired) electrons. The molecule has 3 nitrogen and oxygen atoms in total. The number of ether oxygens (including phenoxy) is 2. The van der Waals surface area contributed by atoms with E-state index in [4.69, 9.17) is 9.47 Å². The van der Waals surface area contributed by atoms with Gasteiger partial charge in [0.1, 0.15) is 5.75 Å². The third-order valence-electron chi connectivity index (χ3n) is 3.07. The molecule has 2 rings (SSSR count). The molecule has 1 N–H and O–H groups in total. The number of hydrogen-bond acceptors (Lipinski definition) is 3. The zero-order valence-electron chi connectivity index (χ0n) is 12.1. The molecular formula is C17H21NO2. The largest absolute Gasteiger partial charge is 0.492 e. The molecule has 0 aliphatic rings. The van der Waals surface area contributed by atoms with Gasteiger partial charge < -0.3 is 14.8 Å². The monoisotopic (exact) mass is 271 g/mol. The molecule has 0 saturated carbocycles. The van der Waals surface area contributed by atoms with Crippen molar-refractivity contribution in [2.75, 3.05) is 19.0 Å². The summed E-state index contributed by atoms with van der Waals surface area (Å²) < 4.78 is 10.8. The molecular weight excluding hydrogens is 250 g/mol. The molecule has 0 atom stereocenters. The Balaban J connectivity index is 2.09. The summed E-state index contributed by atoms with van der Waals surface area (Å²) in [5, 5.41) is 3.43. The van der Waals surface area contributed by atoms with Gasteiger partial charge in [-0.15, -0.1) is 0 Å². The van der Waals surface area contributed by atoms with Crippen LogP contribution in [0, 0.1) is 0 Å². The molecule has 2 aromatic rings. The zero-order valence-corrected chi connectivity index (χ0v) is 12.1. The van der Waals surface area contributed by atoms with E-state index in [1.807, 2.05) is 43.3 Å². The average molecular weight is 271 g/mol. The topological polar surface area (TPSA) is 30.5 Å². The van der Waals surface area contributed by atoms with Gasteiger partial charge in [0.25, 0.3) is 0 Å². The van der Waals surface area contributed by atoms with Crippen molar-refractivity contribution in [2.24, 2.45) is 0 Å². The van der Waals surface area contributed by atoms with Crippen LogP contribution >= 0.6 is 0 Å². The lowest BCUT2D eigenvalue weighted by atomic mass is 10.1. The zero-order chi connectivity index (χ0) is 14.2. The average Bonchev–Trinajstić information content (AvgIpc) is 2.48. The van der Waals surface area contributed by atoms with Gasteiger partial charge in [0.15, 0.2) is 0 Å². The molecule has 106 valence electrons.